The van der Waals surface area contributed by atoms with Gasteiger partial charge in [-0.3, -0.25) is 19.4 Å². The molecule has 2 fully saturated rings. The highest BCUT2D eigenvalue weighted by atomic mass is 32.1. The topological polar surface area (TPSA) is 65.1 Å². The van der Waals surface area contributed by atoms with E-state index in [2.05, 4.69) is 32.6 Å². The van der Waals surface area contributed by atoms with Crippen molar-refractivity contribution in [2.75, 3.05) is 52.4 Å². The van der Waals surface area contributed by atoms with Crippen LogP contribution >= 0.6 is 11.3 Å². The number of thiophene rings is 1. The Kier molecular flexibility index (Phi) is 8.27. The summed E-state index contributed by atoms with van der Waals surface area (Å²) in [7, 11) is 0. The highest BCUT2D eigenvalue weighted by Gasteiger charge is 2.26. The first-order chi connectivity index (χ1) is 14.3. The van der Waals surface area contributed by atoms with Gasteiger partial charge in [-0.25, -0.2) is 0 Å². The molecule has 2 amide bonds. The standard InChI is InChI=1S/C22H36N4O3S/c1-22(2,3)23-20(27)16-24-8-10-26(11-9-24)21(28)17-25(14-18-6-4-12-29-18)15-19-7-5-13-30-19/h5,7,13,18H,4,6,8-12,14-17H2,1-3H3,(H,23,27). The molecule has 3 heterocycles. The van der Waals surface area contributed by atoms with Gasteiger partial charge in [-0.15, -0.1) is 11.3 Å². The van der Waals surface area contributed by atoms with Crippen molar-refractivity contribution < 1.29 is 14.3 Å². The molecule has 1 aromatic heterocycles. The predicted molar refractivity (Wildman–Crippen MR) is 119 cm³/mol. The number of amides is 2. The first kappa shape index (κ1) is 23.2. The van der Waals surface area contributed by atoms with Crippen LogP contribution < -0.4 is 5.32 Å². The van der Waals surface area contributed by atoms with E-state index in [4.69, 9.17) is 4.74 Å². The Morgan fingerprint density at radius 2 is 2.03 bits per heavy atom. The van der Waals surface area contributed by atoms with Gasteiger partial charge in [0.05, 0.1) is 19.2 Å². The van der Waals surface area contributed by atoms with Crippen molar-refractivity contribution in [3.05, 3.63) is 22.4 Å². The van der Waals surface area contributed by atoms with Crippen LogP contribution in [-0.2, 0) is 20.9 Å². The third-order valence-electron chi connectivity index (χ3n) is 5.41. The Morgan fingerprint density at radius 1 is 1.27 bits per heavy atom. The Bertz CT molecular complexity index is 675. The summed E-state index contributed by atoms with van der Waals surface area (Å²) in [6.07, 6.45) is 2.41. The lowest BCUT2D eigenvalue weighted by Gasteiger charge is -2.36. The third kappa shape index (κ3) is 7.65. The average molecular weight is 437 g/mol. The van der Waals surface area contributed by atoms with E-state index in [1.54, 1.807) is 11.3 Å². The zero-order valence-electron chi connectivity index (χ0n) is 18.6. The van der Waals surface area contributed by atoms with Gasteiger partial charge in [-0.2, -0.15) is 0 Å². The van der Waals surface area contributed by atoms with E-state index in [1.807, 2.05) is 25.7 Å². The normalized spacial score (nSPS) is 20.7. The van der Waals surface area contributed by atoms with Crippen LogP contribution in [0.2, 0.25) is 0 Å². The monoisotopic (exact) mass is 436 g/mol. The number of rotatable bonds is 8. The summed E-state index contributed by atoms with van der Waals surface area (Å²) in [4.78, 5) is 32.7. The maximum atomic E-state index is 13.0. The molecule has 0 aliphatic carbocycles. The van der Waals surface area contributed by atoms with Crippen LogP contribution in [-0.4, -0.2) is 90.6 Å². The molecule has 168 valence electrons. The number of hydrogen-bond donors (Lipinski definition) is 1. The first-order valence-corrected chi connectivity index (χ1v) is 11.8. The zero-order chi connectivity index (χ0) is 21.6. The predicted octanol–water partition coefficient (Wildman–Crippen LogP) is 1.79. The number of ether oxygens (including phenoxy) is 1. The van der Waals surface area contributed by atoms with E-state index in [1.165, 1.54) is 4.88 Å². The molecular formula is C22H36N4O3S. The second-order valence-electron chi connectivity index (χ2n) is 9.34. The maximum absolute atomic E-state index is 13.0. The Labute approximate surface area is 184 Å². The van der Waals surface area contributed by atoms with Crippen molar-refractivity contribution in [1.82, 2.24) is 20.0 Å². The van der Waals surface area contributed by atoms with Crippen molar-refractivity contribution in [3.63, 3.8) is 0 Å². The van der Waals surface area contributed by atoms with Crippen molar-refractivity contribution >= 4 is 23.2 Å². The van der Waals surface area contributed by atoms with Gasteiger partial charge in [0.2, 0.25) is 11.8 Å². The van der Waals surface area contributed by atoms with Gasteiger partial charge in [0.25, 0.3) is 0 Å². The van der Waals surface area contributed by atoms with E-state index in [0.717, 1.165) is 45.6 Å². The van der Waals surface area contributed by atoms with E-state index in [-0.39, 0.29) is 23.5 Å². The summed E-state index contributed by atoms with van der Waals surface area (Å²) in [5.41, 5.74) is -0.218. The number of piperazine rings is 1. The van der Waals surface area contributed by atoms with Gasteiger partial charge in [0.1, 0.15) is 0 Å². The Hall–Kier alpha value is -1.48. The quantitative estimate of drug-likeness (QED) is 0.673. The summed E-state index contributed by atoms with van der Waals surface area (Å²) in [6.45, 7) is 12.0. The fourth-order valence-electron chi connectivity index (χ4n) is 3.99. The molecule has 0 radical (unpaired) electrons. The van der Waals surface area contributed by atoms with Crippen molar-refractivity contribution in [2.45, 2.75) is 51.8 Å². The minimum absolute atomic E-state index is 0.0426. The number of carbonyl (C=O) groups is 2. The van der Waals surface area contributed by atoms with Crippen LogP contribution in [0, 0.1) is 0 Å². The molecule has 30 heavy (non-hydrogen) atoms. The molecular weight excluding hydrogens is 400 g/mol. The van der Waals surface area contributed by atoms with E-state index in [0.29, 0.717) is 26.2 Å². The van der Waals surface area contributed by atoms with E-state index >= 15 is 0 Å². The fourth-order valence-corrected chi connectivity index (χ4v) is 4.74. The van der Waals surface area contributed by atoms with Crippen molar-refractivity contribution in [2.24, 2.45) is 0 Å². The highest BCUT2D eigenvalue weighted by molar-refractivity contribution is 7.09. The van der Waals surface area contributed by atoms with Gasteiger partial charge in [0.15, 0.2) is 0 Å². The molecule has 0 aromatic carbocycles. The van der Waals surface area contributed by atoms with Crippen LogP contribution in [0.3, 0.4) is 0 Å². The lowest BCUT2D eigenvalue weighted by Crippen LogP contribution is -2.54. The van der Waals surface area contributed by atoms with E-state index < -0.39 is 0 Å². The minimum Gasteiger partial charge on any atom is -0.377 e. The molecule has 1 aromatic rings. The summed E-state index contributed by atoms with van der Waals surface area (Å²) >= 11 is 1.73. The third-order valence-corrected chi connectivity index (χ3v) is 6.27. The Balaban J connectivity index is 1.46. The van der Waals surface area contributed by atoms with Gasteiger partial charge in [0, 0.05) is 56.3 Å². The molecule has 1 atom stereocenters. The van der Waals surface area contributed by atoms with Crippen LogP contribution in [0.4, 0.5) is 0 Å². The number of hydrogen-bond acceptors (Lipinski definition) is 6. The molecule has 0 spiro atoms. The molecule has 7 nitrogen and oxygen atoms in total. The van der Waals surface area contributed by atoms with Crippen molar-refractivity contribution in [1.29, 1.82) is 0 Å². The number of carbonyl (C=O) groups excluding carboxylic acids is 2. The zero-order valence-corrected chi connectivity index (χ0v) is 19.4. The molecule has 2 aliphatic heterocycles. The average Bonchev–Trinajstić information content (AvgIpc) is 3.34. The van der Waals surface area contributed by atoms with Crippen LogP contribution in [0.15, 0.2) is 17.5 Å². The molecule has 0 bridgehead atoms. The summed E-state index contributed by atoms with van der Waals surface area (Å²) < 4.78 is 5.81. The molecule has 1 N–H and O–H groups in total. The molecule has 3 rings (SSSR count). The summed E-state index contributed by atoms with van der Waals surface area (Å²) in [5, 5.41) is 5.08. The molecule has 1 unspecified atom stereocenters. The van der Waals surface area contributed by atoms with Gasteiger partial charge in [-0.1, -0.05) is 6.07 Å². The fraction of sp³-hybridized carbons (Fsp3) is 0.727. The molecule has 2 aliphatic rings. The second-order valence-corrected chi connectivity index (χ2v) is 10.4. The molecule has 8 heteroatoms. The second kappa shape index (κ2) is 10.7. The maximum Gasteiger partial charge on any atom is 0.236 e. The smallest absolute Gasteiger partial charge is 0.236 e. The van der Waals surface area contributed by atoms with Crippen LogP contribution in [0.5, 0.6) is 0 Å². The Morgan fingerprint density at radius 3 is 2.63 bits per heavy atom. The largest absolute Gasteiger partial charge is 0.377 e. The lowest BCUT2D eigenvalue weighted by molar-refractivity contribution is -0.135. The lowest BCUT2D eigenvalue weighted by atomic mass is 10.1. The first-order valence-electron chi connectivity index (χ1n) is 11.0. The van der Waals surface area contributed by atoms with Crippen LogP contribution in [0.1, 0.15) is 38.5 Å². The van der Waals surface area contributed by atoms with Crippen molar-refractivity contribution in [3.8, 4) is 0 Å². The van der Waals surface area contributed by atoms with Gasteiger partial charge in [-0.05, 0) is 45.1 Å². The van der Waals surface area contributed by atoms with Gasteiger partial charge >= 0.3 is 0 Å². The minimum atomic E-state index is -0.218. The van der Waals surface area contributed by atoms with Crippen LogP contribution in [0.25, 0.3) is 0 Å². The number of nitrogens with zero attached hydrogens (tertiary/aromatic N) is 3. The van der Waals surface area contributed by atoms with Gasteiger partial charge < -0.3 is 15.0 Å². The number of nitrogens with one attached hydrogen (secondary N) is 1. The SMILES string of the molecule is CC(C)(C)NC(=O)CN1CCN(C(=O)CN(Cc2cccs2)CC2CCCO2)CC1. The molecule has 0 saturated carbocycles. The van der Waals surface area contributed by atoms with E-state index in [9.17, 15) is 9.59 Å². The summed E-state index contributed by atoms with van der Waals surface area (Å²) in [5.74, 6) is 0.212. The summed E-state index contributed by atoms with van der Waals surface area (Å²) in [6, 6.07) is 4.18. The highest BCUT2D eigenvalue weighted by Crippen LogP contribution is 2.17. The molecule has 2 saturated heterocycles.